The van der Waals surface area contributed by atoms with Crippen molar-refractivity contribution in [1.82, 2.24) is 0 Å². The van der Waals surface area contributed by atoms with Crippen molar-refractivity contribution in [3.63, 3.8) is 0 Å². The molecular formula is C14H8Cl2N4S. The van der Waals surface area contributed by atoms with Gasteiger partial charge < -0.3 is 0 Å². The SMILES string of the molecule is [C-]#[N+]/C(C#N)=C1\N=C(C)C(=Nc2cc(Cl)c(C)c(Cl)c2)S1. The Morgan fingerprint density at radius 2 is 2.00 bits per heavy atom. The van der Waals surface area contributed by atoms with Crippen molar-refractivity contribution in [2.45, 2.75) is 13.8 Å². The fourth-order valence-electron chi connectivity index (χ4n) is 1.53. The second-order valence-electron chi connectivity index (χ2n) is 4.13. The molecule has 1 aromatic rings. The van der Waals surface area contributed by atoms with E-state index in [-0.39, 0.29) is 5.70 Å². The first-order chi connectivity index (χ1) is 9.96. The highest BCUT2D eigenvalue weighted by Crippen LogP contribution is 2.34. The molecule has 0 aliphatic carbocycles. The van der Waals surface area contributed by atoms with Crippen molar-refractivity contribution in [2.75, 3.05) is 0 Å². The van der Waals surface area contributed by atoms with Gasteiger partial charge in [-0.1, -0.05) is 35.0 Å². The molecule has 4 nitrogen and oxygen atoms in total. The molecule has 0 fully saturated rings. The first kappa shape index (κ1) is 15.6. The Morgan fingerprint density at radius 3 is 2.52 bits per heavy atom. The fourth-order valence-corrected chi connectivity index (χ4v) is 2.90. The fraction of sp³-hybridized carbons (Fsp3) is 0.143. The van der Waals surface area contributed by atoms with E-state index < -0.39 is 0 Å². The van der Waals surface area contributed by atoms with Gasteiger partial charge in [-0.05, 0) is 31.5 Å². The predicted molar refractivity (Wildman–Crippen MR) is 88.2 cm³/mol. The summed E-state index contributed by atoms with van der Waals surface area (Å²) in [5, 5.41) is 10.9. The summed E-state index contributed by atoms with van der Waals surface area (Å²) in [4.78, 5) is 11.8. The van der Waals surface area contributed by atoms with Crippen LogP contribution in [0.4, 0.5) is 5.69 Å². The van der Waals surface area contributed by atoms with E-state index in [4.69, 9.17) is 35.0 Å². The summed E-state index contributed by atoms with van der Waals surface area (Å²) >= 11 is 13.4. The van der Waals surface area contributed by atoms with Crippen LogP contribution in [0.25, 0.3) is 4.85 Å². The Morgan fingerprint density at radius 1 is 1.38 bits per heavy atom. The van der Waals surface area contributed by atoms with Crippen molar-refractivity contribution in [1.29, 1.82) is 5.26 Å². The number of aliphatic imine (C=N–C) groups is 2. The molecule has 7 heteroatoms. The van der Waals surface area contributed by atoms with Crippen molar-refractivity contribution < 1.29 is 0 Å². The summed E-state index contributed by atoms with van der Waals surface area (Å²) in [5.74, 6) is 0. The van der Waals surface area contributed by atoms with Crippen LogP contribution in [0.15, 0.2) is 32.8 Å². The van der Waals surface area contributed by atoms with Gasteiger partial charge in [-0.15, -0.1) is 0 Å². The van der Waals surface area contributed by atoms with Gasteiger partial charge in [0.05, 0.1) is 24.0 Å². The van der Waals surface area contributed by atoms with Gasteiger partial charge in [-0.25, -0.2) is 15.1 Å². The van der Waals surface area contributed by atoms with E-state index in [1.807, 2.05) is 13.0 Å². The summed E-state index contributed by atoms with van der Waals surface area (Å²) in [7, 11) is 0. The maximum atomic E-state index is 8.87. The van der Waals surface area contributed by atoms with E-state index in [0.717, 1.165) is 5.56 Å². The van der Waals surface area contributed by atoms with Crippen molar-refractivity contribution >= 4 is 51.4 Å². The second-order valence-corrected chi connectivity index (χ2v) is 5.92. The van der Waals surface area contributed by atoms with Crippen molar-refractivity contribution in [3.05, 3.63) is 49.9 Å². The topological polar surface area (TPSA) is 52.9 Å². The minimum absolute atomic E-state index is 0.0375. The number of thioether (sulfide) groups is 1. The Balaban J connectivity index is 2.42. The Kier molecular flexibility index (Phi) is 4.69. The molecule has 1 heterocycles. The van der Waals surface area contributed by atoms with Crippen LogP contribution in [-0.2, 0) is 0 Å². The highest BCUT2D eigenvalue weighted by molar-refractivity contribution is 8.19. The normalized spacial score (nSPS) is 18.2. The van der Waals surface area contributed by atoms with Gasteiger partial charge in [-0.2, -0.15) is 0 Å². The molecule has 0 radical (unpaired) electrons. The minimum atomic E-state index is -0.0375. The predicted octanol–water partition coefficient (Wildman–Crippen LogP) is 5.15. The van der Waals surface area contributed by atoms with E-state index >= 15 is 0 Å². The number of rotatable bonds is 1. The first-order valence-electron chi connectivity index (χ1n) is 5.76. The third-order valence-corrected chi connectivity index (χ3v) is 4.53. The third-order valence-electron chi connectivity index (χ3n) is 2.69. The largest absolute Gasteiger partial charge is 0.293 e. The van der Waals surface area contributed by atoms with E-state index in [2.05, 4.69) is 14.8 Å². The van der Waals surface area contributed by atoms with E-state index in [9.17, 15) is 0 Å². The number of nitrogens with zero attached hydrogens (tertiary/aromatic N) is 4. The molecule has 2 rings (SSSR count). The molecule has 0 saturated carbocycles. The molecule has 0 atom stereocenters. The third kappa shape index (κ3) is 3.28. The van der Waals surface area contributed by atoms with E-state index in [1.54, 1.807) is 19.1 Å². The molecule has 104 valence electrons. The number of benzene rings is 1. The molecule has 0 aromatic heterocycles. The lowest BCUT2D eigenvalue weighted by Gasteiger charge is -2.03. The molecule has 0 unspecified atom stereocenters. The molecular weight excluding hydrogens is 327 g/mol. The molecule has 0 spiro atoms. The molecule has 0 bridgehead atoms. The van der Waals surface area contributed by atoms with Gasteiger partial charge in [-0.3, -0.25) is 4.99 Å². The number of nitriles is 1. The van der Waals surface area contributed by atoms with E-state index in [1.165, 1.54) is 11.8 Å². The molecule has 0 saturated heterocycles. The summed E-state index contributed by atoms with van der Waals surface area (Å²) in [6.07, 6.45) is 0. The van der Waals surface area contributed by atoms with Crippen LogP contribution in [0.3, 0.4) is 0 Å². The lowest BCUT2D eigenvalue weighted by molar-refractivity contribution is 1.43. The van der Waals surface area contributed by atoms with Gasteiger partial charge in [0.25, 0.3) is 5.70 Å². The molecule has 1 aliphatic rings. The summed E-state index contributed by atoms with van der Waals surface area (Å²) < 4.78 is 0. The first-order valence-corrected chi connectivity index (χ1v) is 7.33. The standard InChI is InChI=1S/C14H8Cl2N4S/c1-7-10(15)4-9(5-11(7)16)20-13-8(2)19-14(21-13)12(6-17)18-3/h4-5H,1-2H3/b14-12+,20-13?. The average molecular weight is 335 g/mol. The zero-order chi connectivity index (χ0) is 15.6. The van der Waals surface area contributed by atoms with Crippen LogP contribution in [0.2, 0.25) is 10.0 Å². The molecule has 1 aliphatic heterocycles. The monoisotopic (exact) mass is 334 g/mol. The lowest BCUT2D eigenvalue weighted by Crippen LogP contribution is -1.98. The molecule has 1 aromatic carbocycles. The van der Waals surface area contributed by atoms with Crippen LogP contribution in [0.5, 0.6) is 0 Å². The van der Waals surface area contributed by atoms with Gasteiger partial charge >= 0.3 is 0 Å². The second kappa shape index (κ2) is 6.32. The van der Waals surface area contributed by atoms with Crippen molar-refractivity contribution in [3.8, 4) is 6.07 Å². The van der Waals surface area contributed by atoms with Crippen LogP contribution in [0.1, 0.15) is 12.5 Å². The lowest BCUT2D eigenvalue weighted by atomic mass is 10.2. The summed E-state index contributed by atoms with van der Waals surface area (Å²) in [6, 6.07) is 5.25. The highest BCUT2D eigenvalue weighted by atomic mass is 35.5. The maximum absolute atomic E-state index is 8.87. The number of halogens is 2. The molecule has 0 N–H and O–H groups in total. The summed E-state index contributed by atoms with van der Waals surface area (Å²) in [5.41, 5.74) is 2.02. The molecule has 21 heavy (non-hydrogen) atoms. The Hall–Kier alpha value is -1.79. The minimum Gasteiger partial charge on any atom is -0.254 e. The summed E-state index contributed by atoms with van der Waals surface area (Å²) in [6.45, 7) is 10.5. The maximum Gasteiger partial charge on any atom is 0.293 e. The quantitative estimate of drug-likeness (QED) is 0.526. The molecule has 0 amide bonds. The van der Waals surface area contributed by atoms with Gasteiger partial charge in [0.15, 0.2) is 0 Å². The number of hydrogen-bond acceptors (Lipinski definition) is 4. The van der Waals surface area contributed by atoms with Crippen LogP contribution < -0.4 is 0 Å². The van der Waals surface area contributed by atoms with E-state index in [0.29, 0.717) is 31.5 Å². The Labute approximate surface area is 136 Å². The van der Waals surface area contributed by atoms with Crippen LogP contribution in [-0.4, -0.2) is 10.8 Å². The van der Waals surface area contributed by atoms with Crippen LogP contribution >= 0.6 is 35.0 Å². The van der Waals surface area contributed by atoms with Crippen molar-refractivity contribution in [2.24, 2.45) is 9.98 Å². The smallest absolute Gasteiger partial charge is 0.254 e. The highest BCUT2D eigenvalue weighted by Gasteiger charge is 2.20. The zero-order valence-electron chi connectivity index (χ0n) is 11.1. The zero-order valence-corrected chi connectivity index (χ0v) is 13.4. The average Bonchev–Trinajstić information content (AvgIpc) is 2.78. The Bertz CT molecular complexity index is 755. The van der Waals surface area contributed by atoms with Gasteiger partial charge in [0.1, 0.15) is 10.1 Å². The number of allylic oxidation sites excluding steroid dienone is 1. The van der Waals surface area contributed by atoms with Gasteiger partial charge in [0.2, 0.25) is 0 Å². The van der Waals surface area contributed by atoms with Gasteiger partial charge in [0, 0.05) is 10.0 Å². The van der Waals surface area contributed by atoms with Crippen LogP contribution in [0, 0.1) is 24.8 Å². The number of hydrogen-bond donors (Lipinski definition) is 0.